The van der Waals surface area contributed by atoms with Crippen LogP contribution in [0.2, 0.25) is 0 Å². The number of aliphatic hydroxyl groups is 1. The molecule has 0 unspecified atom stereocenters. The van der Waals surface area contributed by atoms with E-state index in [-0.39, 0.29) is 6.10 Å². The molecular weight excluding hydrogens is 364 g/mol. The second kappa shape index (κ2) is 8.24. The highest BCUT2D eigenvalue weighted by Gasteiger charge is 2.59. The van der Waals surface area contributed by atoms with Crippen LogP contribution >= 0.6 is 0 Å². The van der Waals surface area contributed by atoms with Crippen molar-refractivity contribution in [3.63, 3.8) is 0 Å². The molecule has 4 aliphatic carbocycles. The number of hydrogen-bond acceptors (Lipinski definition) is 1. The Morgan fingerprint density at radius 2 is 1.60 bits per heavy atom. The number of aliphatic hydroxyl groups excluding tert-OH is 1. The van der Waals surface area contributed by atoms with Crippen LogP contribution < -0.4 is 0 Å². The third kappa shape index (κ3) is 3.54. The molecule has 0 bridgehead atoms. The van der Waals surface area contributed by atoms with Gasteiger partial charge < -0.3 is 5.11 Å². The van der Waals surface area contributed by atoms with Crippen molar-refractivity contribution in [1.29, 1.82) is 0 Å². The third-order valence-electron chi connectivity index (χ3n) is 11.6. The lowest BCUT2D eigenvalue weighted by molar-refractivity contribution is -0.0774. The van der Waals surface area contributed by atoms with Gasteiger partial charge in [-0.15, -0.1) is 0 Å². The molecule has 0 heterocycles. The van der Waals surface area contributed by atoms with Crippen molar-refractivity contribution in [2.24, 2.45) is 58.2 Å². The molecule has 0 spiro atoms. The first kappa shape index (κ1) is 22.9. The molecule has 4 aliphatic rings. The fourth-order valence-electron chi connectivity index (χ4n) is 8.98. The Labute approximate surface area is 187 Å². The zero-order chi connectivity index (χ0) is 21.8. The molecule has 0 aromatic heterocycles. The van der Waals surface area contributed by atoms with Gasteiger partial charge in [-0.05, 0) is 103 Å². The molecule has 0 saturated heterocycles. The summed E-state index contributed by atoms with van der Waals surface area (Å²) in [6.07, 6.45) is 14.7. The average Bonchev–Trinajstić information content (AvgIpc) is 3.06. The maximum absolute atomic E-state index is 10.5. The fraction of sp³-hybridized carbons (Fsp3) is 0.931. The maximum atomic E-state index is 10.5. The molecule has 4 rings (SSSR count). The van der Waals surface area contributed by atoms with Gasteiger partial charge in [-0.3, -0.25) is 0 Å². The zero-order valence-electron chi connectivity index (χ0n) is 21.1. The Bertz CT molecular complexity index is 649. The molecule has 30 heavy (non-hydrogen) atoms. The second-order valence-electron chi connectivity index (χ2n) is 13.1. The summed E-state index contributed by atoms with van der Waals surface area (Å²) in [6.45, 7) is 17.4. The number of rotatable bonds is 5. The number of hydrogen-bond donors (Lipinski definition) is 1. The van der Waals surface area contributed by atoms with E-state index in [9.17, 15) is 5.11 Å². The smallest absolute Gasteiger partial charge is 0.0568 e. The molecule has 0 amide bonds. The summed E-state index contributed by atoms with van der Waals surface area (Å²) >= 11 is 0. The highest BCUT2D eigenvalue weighted by atomic mass is 16.3. The summed E-state index contributed by atoms with van der Waals surface area (Å²) in [5.41, 5.74) is 2.84. The lowest BCUT2D eigenvalue weighted by Gasteiger charge is -2.59. The van der Waals surface area contributed by atoms with E-state index in [0.29, 0.717) is 22.7 Å². The van der Waals surface area contributed by atoms with Gasteiger partial charge in [0.05, 0.1) is 6.10 Å². The van der Waals surface area contributed by atoms with Gasteiger partial charge >= 0.3 is 0 Å². The molecule has 3 fully saturated rings. The molecule has 0 aromatic carbocycles. The molecule has 1 N–H and O–H groups in total. The van der Waals surface area contributed by atoms with Gasteiger partial charge in [-0.25, -0.2) is 0 Å². The first-order valence-corrected chi connectivity index (χ1v) is 13.5. The topological polar surface area (TPSA) is 20.2 Å². The molecular formula is C29H50O. The Hall–Kier alpha value is -0.300. The minimum absolute atomic E-state index is 0.0724. The van der Waals surface area contributed by atoms with E-state index in [1.807, 2.05) is 5.57 Å². The van der Waals surface area contributed by atoms with Crippen LogP contribution in [0.4, 0.5) is 0 Å². The normalized spacial score (nSPS) is 47.8. The van der Waals surface area contributed by atoms with Crippen molar-refractivity contribution in [2.75, 3.05) is 0 Å². The van der Waals surface area contributed by atoms with Crippen LogP contribution in [0.25, 0.3) is 0 Å². The molecule has 172 valence electrons. The van der Waals surface area contributed by atoms with Crippen LogP contribution in [0.3, 0.4) is 0 Å². The molecule has 1 heteroatoms. The Balaban J connectivity index is 1.51. The minimum Gasteiger partial charge on any atom is -0.393 e. The lowest BCUT2D eigenvalue weighted by Crippen LogP contribution is -2.52. The molecule has 0 aromatic rings. The van der Waals surface area contributed by atoms with Crippen molar-refractivity contribution in [3.05, 3.63) is 11.6 Å². The number of fused-ring (bicyclic) bond motifs is 5. The van der Waals surface area contributed by atoms with Crippen LogP contribution in [-0.2, 0) is 0 Å². The summed E-state index contributed by atoms with van der Waals surface area (Å²) < 4.78 is 0. The predicted octanol–water partition coefficient (Wildman–Crippen LogP) is 7.88. The standard InChI is InChI=1S/C29H50O/c1-18(2)19(3)8-9-20(4)23-12-13-25-22-10-11-24-21(5)27(30)15-17-29(24,7)26(22)14-16-28(23,25)6/h10,18-21,23-27,30H,8-9,11-17H2,1-7H3/t19-,20+,21-,23+,24-,25-,26-,27+,28+,29-/m0/s1. The Morgan fingerprint density at radius 1 is 0.933 bits per heavy atom. The van der Waals surface area contributed by atoms with Crippen LogP contribution in [0.15, 0.2) is 11.6 Å². The van der Waals surface area contributed by atoms with E-state index in [2.05, 4.69) is 54.5 Å². The first-order valence-electron chi connectivity index (χ1n) is 13.5. The van der Waals surface area contributed by atoms with E-state index in [4.69, 9.17) is 0 Å². The second-order valence-corrected chi connectivity index (χ2v) is 13.1. The first-order chi connectivity index (χ1) is 14.1. The highest BCUT2D eigenvalue weighted by Crippen LogP contribution is 2.67. The zero-order valence-corrected chi connectivity index (χ0v) is 21.1. The van der Waals surface area contributed by atoms with E-state index < -0.39 is 0 Å². The minimum atomic E-state index is -0.0724. The van der Waals surface area contributed by atoms with Gasteiger partial charge in [0, 0.05) is 0 Å². The quantitative estimate of drug-likeness (QED) is 0.454. The Morgan fingerprint density at radius 3 is 2.30 bits per heavy atom. The monoisotopic (exact) mass is 414 g/mol. The van der Waals surface area contributed by atoms with Gasteiger partial charge in [0.15, 0.2) is 0 Å². The molecule has 0 aliphatic heterocycles. The van der Waals surface area contributed by atoms with Crippen molar-refractivity contribution in [1.82, 2.24) is 0 Å². The number of allylic oxidation sites excluding steroid dienone is 2. The van der Waals surface area contributed by atoms with Gasteiger partial charge in [-0.1, -0.05) is 73.0 Å². The van der Waals surface area contributed by atoms with Gasteiger partial charge in [0.1, 0.15) is 0 Å². The predicted molar refractivity (Wildman–Crippen MR) is 128 cm³/mol. The maximum Gasteiger partial charge on any atom is 0.0568 e. The molecule has 10 atom stereocenters. The highest BCUT2D eigenvalue weighted by molar-refractivity contribution is 5.28. The van der Waals surface area contributed by atoms with Crippen LogP contribution in [0, 0.1) is 58.2 Å². The summed E-state index contributed by atoms with van der Waals surface area (Å²) in [5.74, 6) is 6.25. The summed E-state index contributed by atoms with van der Waals surface area (Å²) in [4.78, 5) is 0. The van der Waals surface area contributed by atoms with Crippen molar-refractivity contribution >= 4 is 0 Å². The van der Waals surface area contributed by atoms with Crippen LogP contribution in [0.5, 0.6) is 0 Å². The summed E-state index contributed by atoms with van der Waals surface area (Å²) in [7, 11) is 0. The fourth-order valence-corrected chi connectivity index (χ4v) is 8.98. The Kier molecular flexibility index (Phi) is 6.28. The largest absolute Gasteiger partial charge is 0.393 e. The van der Waals surface area contributed by atoms with E-state index >= 15 is 0 Å². The van der Waals surface area contributed by atoms with E-state index in [1.54, 1.807) is 0 Å². The lowest BCUT2D eigenvalue weighted by atomic mass is 9.46. The third-order valence-corrected chi connectivity index (χ3v) is 11.6. The SMILES string of the molecule is CC(C)[C@@H](C)CC[C@@H](C)[C@H]1CC[C@H]2C3=CC[C@H]4[C@H](C)[C@H](O)CC[C@]4(C)[C@H]3CC[C@]12C. The summed E-state index contributed by atoms with van der Waals surface area (Å²) in [6, 6.07) is 0. The van der Waals surface area contributed by atoms with Crippen LogP contribution in [0.1, 0.15) is 106 Å². The van der Waals surface area contributed by atoms with Crippen molar-refractivity contribution in [3.8, 4) is 0 Å². The molecule has 0 radical (unpaired) electrons. The van der Waals surface area contributed by atoms with Gasteiger partial charge in [0.2, 0.25) is 0 Å². The molecule has 1 nitrogen and oxygen atoms in total. The van der Waals surface area contributed by atoms with Crippen molar-refractivity contribution in [2.45, 2.75) is 112 Å². The van der Waals surface area contributed by atoms with Gasteiger partial charge in [-0.2, -0.15) is 0 Å². The van der Waals surface area contributed by atoms with Crippen molar-refractivity contribution < 1.29 is 5.11 Å². The molecule has 3 saturated carbocycles. The van der Waals surface area contributed by atoms with E-state index in [1.165, 1.54) is 51.4 Å². The van der Waals surface area contributed by atoms with Gasteiger partial charge in [0.25, 0.3) is 0 Å². The summed E-state index contributed by atoms with van der Waals surface area (Å²) in [5, 5.41) is 10.5. The van der Waals surface area contributed by atoms with E-state index in [0.717, 1.165) is 41.9 Å². The van der Waals surface area contributed by atoms with Crippen LogP contribution in [-0.4, -0.2) is 11.2 Å². The average molecular weight is 415 g/mol.